The molecule has 0 aromatic heterocycles. The first-order chi connectivity index (χ1) is 38.5. The number of hydrogen-bond acceptors (Lipinski definition) is 6. The lowest BCUT2D eigenvalue weighted by atomic mass is 10.0. The molecule has 0 radical (unpaired) electrons. The molecule has 0 saturated heterocycles. The zero-order valence-electron chi connectivity index (χ0n) is 49.9. The Morgan fingerprint density at radius 1 is 0.269 bits per heavy atom. The number of rotatable bonds is 54. The largest absolute Gasteiger partial charge is 0.462 e. The normalized spacial score (nSPS) is 13.3. The van der Waals surface area contributed by atoms with Gasteiger partial charge in [-0.3, -0.25) is 14.4 Å². The average Bonchev–Trinajstić information content (AvgIpc) is 3.44. The number of esters is 3. The van der Waals surface area contributed by atoms with E-state index in [0.717, 1.165) is 141 Å². The van der Waals surface area contributed by atoms with E-state index < -0.39 is 6.10 Å². The molecular formula is C72H112O6. The lowest BCUT2D eigenvalue weighted by Crippen LogP contribution is -2.30. The highest BCUT2D eigenvalue weighted by molar-refractivity contribution is 5.71. The lowest BCUT2D eigenvalue weighted by Gasteiger charge is -2.18. The molecule has 0 spiro atoms. The SMILES string of the molecule is CC/C=C\C/C=C\C/C=C\C/C=C\C/C=C\C/C=C\C/C=C\C/C=C\C/C=C\CCCCCC(=O)OCC(COC(=O)CCCCCCCCCCCCCC)OC(=O)CCC/C=C\C/C=C\C/C=C\C/C=C\C/C=C\CC. The van der Waals surface area contributed by atoms with Crippen LogP contribution in [0, 0.1) is 0 Å². The predicted molar refractivity (Wildman–Crippen MR) is 338 cm³/mol. The van der Waals surface area contributed by atoms with Crippen LogP contribution in [-0.4, -0.2) is 37.2 Å². The van der Waals surface area contributed by atoms with Crippen molar-refractivity contribution < 1.29 is 28.6 Å². The molecule has 436 valence electrons. The highest BCUT2D eigenvalue weighted by Gasteiger charge is 2.19. The number of carbonyl (C=O) groups is 3. The van der Waals surface area contributed by atoms with Crippen LogP contribution in [0.15, 0.2) is 170 Å². The van der Waals surface area contributed by atoms with E-state index in [1.54, 1.807) is 0 Å². The lowest BCUT2D eigenvalue weighted by molar-refractivity contribution is -0.167. The van der Waals surface area contributed by atoms with Crippen LogP contribution in [0.1, 0.15) is 245 Å². The van der Waals surface area contributed by atoms with Gasteiger partial charge in [0.05, 0.1) is 0 Å². The maximum Gasteiger partial charge on any atom is 0.306 e. The number of ether oxygens (including phenoxy) is 3. The van der Waals surface area contributed by atoms with Gasteiger partial charge in [-0.1, -0.05) is 268 Å². The topological polar surface area (TPSA) is 78.9 Å². The fraction of sp³-hybridized carbons (Fsp3) is 0.569. The third kappa shape index (κ3) is 61.6. The molecule has 0 bridgehead atoms. The summed E-state index contributed by atoms with van der Waals surface area (Å²) in [6, 6.07) is 0. The molecule has 0 aliphatic heterocycles. The number of carbonyl (C=O) groups excluding carboxylic acids is 3. The third-order valence-corrected chi connectivity index (χ3v) is 12.5. The average molecular weight is 1070 g/mol. The van der Waals surface area contributed by atoms with E-state index in [0.29, 0.717) is 19.3 Å². The summed E-state index contributed by atoms with van der Waals surface area (Å²) in [6.45, 7) is 6.32. The fourth-order valence-corrected chi connectivity index (χ4v) is 7.88. The van der Waals surface area contributed by atoms with E-state index in [1.165, 1.54) is 57.8 Å². The molecule has 0 aromatic carbocycles. The van der Waals surface area contributed by atoms with E-state index in [2.05, 4.69) is 191 Å². The Hall–Kier alpha value is -5.23. The number of allylic oxidation sites excluding steroid dienone is 28. The molecule has 0 aliphatic carbocycles. The second kappa shape index (κ2) is 64.3. The molecule has 1 unspecified atom stereocenters. The van der Waals surface area contributed by atoms with Crippen LogP contribution >= 0.6 is 0 Å². The molecule has 0 amide bonds. The van der Waals surface area contributed by atoms with Crippen molar-refractivity contribution >= 4 is 17.9 Å². The van der Waals surface area contributed by atoms with Crippen molar-refractivity contribution in [2.45, 2.75) is 252 Å². The predicted octanol–water partition coefficient (Wildman–Crippen LogP) is 21.5. The van der Waals surface area contributed by atoms with Crippen LogP contribution in [-0.2, 0) is 28.6 Å². The maximum atomic E-state index is 12.8. The molecule has 0 fully saturated rings. The summed E-state index contributed by atoms with van der Waals surface area (Å²) in [4.78, 5) is 38.2. The van der Waals surface area contributed by atoms with Gasteiger partial charge in [0.2, 0.25) is 0 Å². The number of unbranched alkanes of at least 4 members (excludes halogenated alkanes) is 15. The second-order valence-electron chi connectivity index (χ2n) is 19.9. The van der Waals surface area contributed by atoms with Crippen LogP contribution in [0.2, 0.25) is 0 Å². The minimum atomic E-state index is -0.829. The molecule has 6 nitrogen and oxygen atoms in total. The van der Waals surface area contributed by atoms with Crippen molar-refractivity contribution in [1.82, 2.24) is 0 Å². The van der Waals surface area contributed by atoms with Gasteiger partial charge in [-0.15, -0.1) is 0 Å². The minimum absolute atomic E-state index is 0.117. The monoisotopic (exact) mass is 1070 g/mol. The summed E-state index contributed by atoms with van der Waals surface area (Å²) in [7, 11) is 0. The Morgan fingerprint density at radius 2 is 0.513 bits per heavy atom. The van der Waals surface area contributed by atoms with Crippen LogP contribution in [0.4, 0.5) is 0 Å². The Morgan fingerprint density at radius 3 is 0.821 bits per heavy atom. The van der Waals surface area contributed by atoms with Gasteiger partial charge in [-0.25, -0.2) is 0 Å². The maximum absolute atomic E-state index is 12.8. The Balaban J connectivity index is 4.45. The first-order valence-electron chi connectivity index (χ1n) is 31.1. The van der Waals surface area contributed by atoms with Crippen molar-refractivity contribution in [2.24, 2.45) is 0 Å². The summed E-state index contributed by atoms with van der Waals surface area (Å²) >= 11 is 0. The van der Waals surface area contributed by atoms with E-state index in [4.69, 9.17) is 14.2 Å². The van der Waals surface area contributed by atoms with Crippen molar-refractivity contribution in [3.05, 3.63) is 170 Å². The van der Waals surface area contributed by atoms with Gasteiger partial charge in [0.1, 0.15) is 13.2 Å². The Labute approximate surface area is 479 Å². The van der Waals surface area contributed by atoms with E-state index in [1.807, 2.05) is 0 Å². The van der Waals surface area contributed by atoms with Gasteiger partial charge >= 0.3 is 17.9 Å². The molecule has 1 atom stereocenters. The van der Waals surface area contributed by atoms with Crippen molar-refractivity contribution in [3.8, 4) is 0 Å². The number of hydrogen-bond donors (Lipinski definition) is 0. The molecule has 0 aromatic rings. The van der Waals surface area contributed by atoms with Gasteiger partial charge in [0, 0.05) is 19.3 Å². The Bertz CT molecular complexity index is 1810. The van der Waals surface area contributed by atoms with E-state index in [-0.39, 0.29) is 37.5 Å². The highest BCUT2D eigenvalue weighted by Crippen LogP contribution is 2.14. The summed E-state index contributed by atoms with van der Waals surface area (Å²) in [5, 5.41) is 0. The first-order valence-corrected chi connectivity index (χ1v) is 31.1. The standard InChI is InChI=1S/C72H112O6/c1-4-7-10-13-16-19-22-25-27-29-30-31-32-33-34-35-36-37-38-39-40-41-42-44-45-47-50-53-56-59-62-65-71(74)77-68-69(67-76-70(73)64-61-58-55-52-49-24-21-18-15-12-9-6-3)78-72(75)66-63-60-57-54-51-48-46-43-28-26-23-20-17-14-11-8-5-2/h7-8,10-11,16-17,19-20,25-28,30-31,33-34,36-37,39-40,42,44,46-48,50,54,57,69H,4-6,9,12-15,18,21-24,29,32,35,38,41,43,45,49,51-53,55-56,58-68H2,1-3H3/b10-7-,11-8-,19-16-,20-17-,27-25-,28-26-,31-30-,34-33-,37-36-,40-39-,44-42-,48-46-,50-47-,57-54-. The van der Waals surface area contributed by atoms with Gasteiger partial charge in [-0.05, 0) is 128 Å². The fourth-order valence-electron chi connectivity index (χ4n) is 7.88. The van der Waals surface area contributed by atoms with Crippen molar-refractivity contribution in [1.29, 1.82) is 0 Å². The van der Waals surface area contributed by atoms with E-state index >= 15 is 0 Å². The second-order valence-corrected chi connectivity index (χ2v) is 19.9. The molecule has 0 N–H and O–H groups in total. The van der Waals surface area contributed by atoms with E-state index in [9.17, 15) is 14.4 Å². The molecule has 0 aliphatic rings. The minimum Gasteiger partial charge on any atom is -0.462 e. The molecule has 0 rings (SSSR count). The molecule has 78 heavy (non-hydrogen) atoms. The van der Waals surface area contributed by atoms with Gasteiger partial charge in [0.15, 0.2) is 6.10 Å². The molecular weight excluding hydrogens is 961 g/mol. The van der Waals surface area contributed by atoms with Crippen molar-refractivity contribution in [3.63, 3.8) is 0 Å². The third-order valence-electron chi connectivity index (χ3n) is 12.5. The molecule has 0 heterocycles. The summed E-state index contributed by atoms with van der Waals surface area (Å²) in [5.41, 5.74) is 0. The van der Waals surface area contributed by atoms with Gasteiger partial charge in [-0.2, -0.15) is 0 Å². The highest BCUT2D eigenvalue weighted by atomic mass is 16.6. The van der Waals surface area contributed by atoms with Crippen LogP contribution < -0.4 is 0 Å². The van der Waals surface area contributed by atoms with Crippen molar-refractivity contribution in [2.75, 3.05) is 13.2 Å². The zero-order chi connectivity index (χ0) is 56.4. The quantitative estimate of drug-likeness (QED) is 0.0261. The molecule has 0 saturated carbocycles. The zero-order valence-corrected chi connectivity index (χ0v) is 49.9. The van der Waals surface area contributed by atoms with Crippen LogP contribution in [0.25, 0.3) is 0 Å². The Kier molecular flexibility index (Phi) is 60.0. The summed E-state index contributed by atoms with van der Waals surface area (Å²) < 4.78 is 16.8. The van der Waals surface area contributed by atoms with Gasteiger partial charge in [0.25, 0.3) is 0 Å². The first kappa shape index (κ1) is 72.8. The summed E-state index contributed by atoms with van der Waals surface area (Å²) in [6.07, 6.45) is 95.1. The van der Waals surface area contributed by atoms with Crippen LogP contribution in [0.5, 0.6) is 0 Å². The van der Waals surface area contributed by atoms with Crippen LogP contribution in [0.3, 0.4) is 0 Å². The summed E-state index contributed by atoms with van der Waals surface area (Å²) in [5.74, 6) is -1.02. The smallest absolute Gasteiger partial charge is 0.306 e. The molecule has 6 heteroatoms. The van der Waals surface area contributed by atoms with Gasteiger partial charge < -0.3 is 14.2 Å².